The number of ether oxygens (including phenoxy) is 3. The lowest BCUT2D eigenvalue weighted by atomic mass is 10.1. The Morgan fingerprint density at radius 1 is 1.28 bits per heavy atom. The first-order chi connectivity index (χ1) is 15.4. The van der Waals surface area contributed by atoms with E-state index in [1.54, 1.807) is 18.2 Å². The Hall–Kier alpha value is -3.53. The van der Waals surface area contributed by atoms with Crippen molar-refractivity contribution in [3.8, 4) is 11.5 Å². The second kappa shape index (κ2) is 10.2. The Bertz CT molecular complexity index is 1090. The van der Waals surface area contributed by atoms with Crippen molar-refractivity contribution in [1.29, 1.82) is 0 Å². The van der Waals surface area contributed by atoms with Gasteiger partial charge in [-0.3, -0.25) is 9.69 Å². The summed E-state index contributed by atoms with van der Waals surface area (Å²) in [6.45, 7) is 6.05. The van der Waals surface area contributed by atoms with Crippen LogP contribution in [0.4, 0.5) is 4.79 Å². The summed E-state index contributed by atoms with van der Waals surface area (Å²) in [5, 5.41) is 2.55. The molecule has 1 aliphatic heterocycles. The zero-order chi connectivity index (χ0) is 23.3. The van der Waals surface area contributed by atoms with Crippen LogP contribution in [0.25, 0.3) is 6.08 Å². The third-order valence-corrected chi connectivity index (χ3v) is 4.90. The highest BCUT2D eigenvalue weighted by Gasteiger charge is 2.34. The van der Waals surface area contributed by atoms with Crippen LogP contribution >= 0.6 is 15.9 Å². The van der Waals surface area contributed by atoms with Crippen molar-refractivity contribution in [1.82, 2.24) is 10.2 Å². The van der Waals surface area contributed by atoms with Gasteiger partial charge in [0.1, 0.15) is 18.1 Å². The topological polar surface area (TPSA) is 107 Å². The zero-order valence-corrected chi connectivity index (χ0v) is 19.1. The molecule has 0 bridgehead atoms. The van der Waals surface area contributed by atoms with Crippen LogP contribution in [0.1, 0.15) is 28.8 Å². The van der Waals surface area contributed by atoms with Gasteiger partial charge in [-0.05, 0) is 58.8 Å². The molecule has 1 aromatic heterocycles. The molecule has 9 nitrogen and oxygen atoms in total. The number of rotatable bonds is 9. The molecule has 10 heteroatoms. The Morgan fingerprint density at radius 3 is 2.75 bits per heavy atom. The maximum absolute atomic E-state index is 12.8. The van der Waals surface area contributed by atoms with Gasteiger partial charge in [-0.2, -0.15) is 0 Å². The Morgan fingerprint density at radius 2 is 2.06 bits per heavy atom. The average Bonchev–Trinajstić information content (AvgIpc) is 3.33. The number of carbonyl (C=O) groups excluding carboxylic acids is 3. The Kier molecular flexibility index (Phi) is 7.37. The highest BCUT2D eigenvalue weighted by molar-refractivity contribution is 9.10. The second-order valence-electron chi connectivity index (χ2n) is 6.50. The summed E-state index contributed by atoms with van der Waals surface area (Å²) in [6, 6.07) is 5.76. The van der Waals surface area contributed by atoms with Crippen LogP contribution in [-0.2, 0) is 16.1 Å². The minimum Gasteiger partial charge on any atom is -0.490 e. The lowest BCUT2D eigenvalue weighted by Crippen LogP contribution is -2.30. The third-order valence-electron chi connectivity index (χ3n) is 4.31. The lowest BCUT2D eigenvalue weighted by Gasteiger charge is -2.14. The first kappa shape index (κ1) is 23.1. The Labute approximate surface area is 192 Å². The molecule has 0 saturated carbocycles. The van der Waals surface area contributed by atoms with E-state index in [1.165, 1.54) is 25.3 Å². The highest BCUT2D eigenvalue weighted by atomic mass is 79.9. The molecule has 1 aromatic carbocycles. The van der Waals surface area contributed by atoms with Gasteiger partial charge in [0.15, 0.2) is 11.5 Å². The fourth-order valence-electron chi connectivity index (χ4n) is 2.93. The summed E-state index contributed by atoms with van der Waals surface area (Å²) in [6.07, 6.45) is 3.15. The maximum atomic E-state index is 12.8. The number of nitrogens with one attached hydrogen (secondary N) is 1. The minimum absolute atomic E-state index is 0.0163. The molecule has 0 aliphatic carbocycles. The quantitative estimate of drug-likeness (QED) is 0.239. The number of halogens is 1. The van der Waals surface area contributed by atoms with Crippen LogP contribution in [0.3, 0.4) is 0 Å². The number of urea groups is 1. The number of furan rings is 1. The van der Waals surface area contributed by atoms with Gasteiger partial charge in [-0.15, -0.1) is 0 Å². The number of nitrogens with zero attached hydrogens (tertiary/aromatic N) is 1. The third kappa shape index (κ3) is 5.02. The minimum atomic E-state index is -0.648. The van der Waals surface area contributed by atoms with Crippen molar-refractivity contribution < 1.29 is 33.0 Å². The van der Waals surface area contributed by atoms with E-state index in [1.807, 2.05) is 6.92 Å². The number of hydrogen-bond acceptors (Lipinski definition) is 7. The summed E-state index contributed by atoms with van der Waals surface area (Å²) in [7, 11) is 1.23. The van der Waals surface area contributed by atoms with Crippen LogP contribution in [-0.4, -0.2) is 43.1 Å². The molecule has 32 heavy (non-hydrogen) atoms. The van der Waals surface area contributed by atoms with E-state index < -0.39 is 17.9 Å². The first-order valence-electron chi connectivity index (χ1n) is 9.59. The van der Waals surface area contributed by atoms with E-state index >= 15 is 0 Å². The molecule has 2 aromatic rings. The van der Waals surface area contributed by atoms with E-state index in [0.29, 0.717) is 34.7 Å². The van der Waals surface area contributed by atoms with E-state index in [4.69, 9.17) is 13.9 Å². The van der Waals surface area contributed by atoms with Gasteiger partial charge in [0.25, 0.3) is 5.91 Å². The molecule has 1 N–H and O–H groups in total. The van der Waals surface area contributed by atoms with Gasteiger partial charge in [0, 0.05) is 0 Å². The summed E-state index contributed by atoms with van der Waals surface area (Å²) in [5.41, 5.74) is 0.701. The van der Waals surface area contributed by atoms with Crippen molar-refractivity contribution in [2.75, 3.05) is 20.3 Å². The monoisotopic (exact) mass is 504 g/mol. The van der Waals surface area contributed by atoms with E-state index in [-0.39, 0.29) is 23.8 Å². The molecule has 1 saturated heterocycles. The summed E-state index contributed by atoms with van der Waals surface area (Å²) in [5.74, 6) is 0.0571. The van der Waals surface area contributed by atoms with Gasteiger partial charge in [0.2, 0.25) is 5.76 Å². The molecule has 3 amide bonds. The van der Waals surface area contributed by atoms with Crippen LogP contribution < -0.4 is 14.8 Å². The normalized spacial score (nSPS) is 14.5. The molecule has 2 heterocycles. The standard InChI is InChI=1S/C22H21BrN2O7/c1-4-8-31-19-15(23)9-13(11-18(19)30-5-2)10-16-20(26)25(22(28)24-16)12-14-6-7-17(32-14)21(27)29-3/h4,6-7,9-11H,1,5,8,12H2,2-3H3,(H,24,28)/b16-10-. The molecule has 3 rings (SSSR count). The van der Waals surface area contributed by atoms with Crippen LogP contribution in [0, 0.1) is 0 Å². The molecule has 0 unspecified atom stereocenters. The van der Waals surface area contributed by atoms with Crippen LogP contribution in [0.15, 0.2) is 51.5 Å². The van der Waals surface area contributed by atoms with Gasteiger partial charge in [-0.25, -0.2) is 9.59 Å². The van der Waals surface area contributed by atoms with Crippen LogP contribution in [0.2, 0.25) is 0 Å². The van der Waals surface area contributed by atoms with E-state index in [9.17, 15) is 14.4 Å². The second-order valence-corrected chi connectivity index (χ2v) is 7.35. The fraction of sp³-hybridized carbons (Fsp3) is 0.227. The lowest BCUT2D eigenvalue weighted by molar-refractivity contribution is -0.123. The maximum Gasteiger partial charge on any atom is 0.373 e. The largest absolute Gasteiger partial charge is 0.490 e. The number of imide groups is 1. The van der Waals surface area contributed by atoms with Crippen molar-refractivity contribution >= 4 is 39.9 Å². The number of amides is 3. The zero-order valence-electron chi connectivity index (χ0n) is 17.5. The average molecular weight is 505 g/mol. The first-order valence-corrected chi connectivity index (χ1v) is 10.4. The fourth-order valence-corrected chi connectivity index (χ4v) is 3.50. The Balaban J connectivity index is 1.82. The van der Waals surface area contributed by atoms with Crippen LogP contribution in [0.5, 0.6) is 11.5 Å². The number of methoxy groups -OCH3 is 1. The summed E-state index contributed by atoms with van der Waals surface area (Å²) in [4.78, 5) is 37.6. The molecule has 1 aliphatic rings. The summed E-state index contributed by atoms with van der Waals surface area (Å²) < 4.78 is 21.8. The van der Waals surface area contributed by atoms with Gasteiger partial charge in [-0.1, -0.05) is 12.7 Å². The molecule has 0 atom stereocenters. The van der Waals surface area contributed by atoms with Gasteiger partial charge < -0.3 is 23.9 Å². The SMILES string of the molecule is C=CCOc1c(Br)cc(/C=C2\NC(=O)N(Cc3ccc(C(=O)OC)o3)C2=O)cc1OCC. The summed E-state index contributed by atoms with van der Waals surface area (Å²) >= 11 is 3.45. The van der Waals surface area contributed by atoms with Gasteiger partial charge in [0.05, 0.1) is 24.7 Å². The smallest absolute Gasteiger partial charge is 0.373 e. The number of benzene rings is 1. The molecular weight excluding hydrogens is 484 g/mol. The van der Waals surface area contributed by atoms with Crippen molar-refractivity contribution in [3.63, 3.8) is 0 Å². The number of hydrogen-bond donors (Lipinski definition) is 1. The highest BCUT2D eigenvalue weighted by Crippen LogP contribution is 2.37. The molecule has 0 radical (unpaired) electrons. The van der Waals surface area contributed by atoms with Crippen molar-refractivity contribution in [2.45, 2.75) is 13.5 Å². The number of carbonyl (C=O) groups is 3. The number of esters is 1. The molecule has 1 fully saturated rings. The van der Waals surface area contributed by atoms with Crippen molar-refractivity contribution in [2.24, 2.45) is 0 Å². The van der Waals surface area contributed by atoms with Crippen molar-refractivity contribution in [3.05, 3.63) is 64.2 Å². The predicted molar refractivity (Wildman–Crippen MR) is 118 cm³/mol. The van der Waals surface area contributed by atoms with E-state index in [2.05, 4.69) is 32.6 Å². The predicted octanol–water partition coefficient (Wildman–Crippen LogP) is 3.89. The van der Waals surface area contributed by atoms with E-state index in [0.717, 1.165) is 4.90 Å². The molecule has 0 spiro atoms. The van der Waals surface area contributed by atoms with Gasteiger partial charge >= 0.3 is 12.0 Å². The molecule has 168 valence electrons. The molecular formula is C22H21BrN2O7.